The van der Waals surface area contributed by atoms with E-state index in [1.807, 2.05) is 12.1 Å². The first-order valence-corrected chi connectivity index (χ1v) is 10.0. The number of piperazine rings is 1. The van der Waals surface area contributed by atoms with Crippen molar-refractivity contribution in [1.29, 1.82) is 0 Å². The highest BCUT2D eigenvalue weighted by Gasteiger charge is 2.21. The number of rotatable bonds is 5. The molecule has 1 aliphatic heterocycles. The molecule has 2 heterocycles. The highest BCUT2D eigenvalue weighted by molar-refractivity contribution is 5.93. The van der Waals surface area contributed by atoms with Crippen molar-refractivity contribution in [3.8, 4) is 0 Å². The number of nitrogens with one attached hydrogen (secondary N) is 1. The van der Waals surface area contributed by atoms with Crippen LogP contribution in [-0.2, 0) is 11.2 Å². The average Bonchev–Trinajstić information content (AvgIpc) is 2.75. The molecule has 0 aliphatic carbocycles. The molecule has 0 unspecified atom stereocenters. The van der Waals surface area contributed by atoms with Crippen LogP contribution in [-0.4, -0.2) is 48.5 Å². The monoisotopic (exact) mass is 392 g/mol. The fraction of sp³-hybridized carbons (Fsp3) is 0.304. The lowest BCUT2D eigenvalue weighted by molar-refractivity contribution is -0.117. The van der Waals surface area contributed by atoms with Gasteiger partial charge >= 0.3 is 0 Å². The summed E-state index contributed by atoms with van der Waals surface area (Å²) in [5.74, 6) is -0.604. The van der Waals surface area contributed by atoms with Gasteiger partial charge in [0.25, 0.3) is 0 Å². The Morgan fingerprint density at radius 3 is 2.55 bits per heavy atom. The SMILES string of the molecule is CCc1cc(N2CCN(CC(=O)Nc3ccccc3F)CC2)c2ccccc2n1. The first kappa shape index (κ1) is 19.3. The molecule has 0 bridgehead atoms. The van der Waals surface area contributed by atoms with Gasteiger partial charge < -0.3 is 10.2 Å². The summed E-state index contributed by atoms with van der Waals surface area (Å²) < 4.78 is 13.7. The summed E-state index contributed by atoms with van der Waals surface area (Å²) in [6.45, 7) is 5.62. The second-order valence-corrected chi connectivity index (χ2v) is 7.29. The number of anilines is 2. The van der Waals surface area contributed by atoms with E-state index in [2.05, 4.69) is 40.2 Å². The number of amides is 1. The van der Waals surface area contributed by atoms with E-state index in [1.165, 1.54) is 11.8 Å². The minimum atomic E-state index is -0.415. The van der Waals surface area contributed by atoms with Gasteiger partial charge in [0.15, 0.2) is 0 Å². The third kappa shape index (κ3) is 4.38. The molecule has 4 rings (SSSR count). The summed E-state index contributed by atoms with van der Waals surface area (Å²) >= 11 is 0. The third-order valence-corrected chi connectivity index (χ3v) is 5.34. The number of hydrogen-bond donors (Lipinski definition) is 1. The molecule has 5 nitrogen and oxygen atoms in total. The van der Waals surface area contributed by atoms with E-state index in [0.29, 0.717) is 0 Å². The maximum absolute atomic E-state index is 13.7. The van der Waals surface area contributed by atoms with Crippen LogP contribution in [0, 0.1) is 5.82 Å². The normalized spacial score (nSPS) is 14.9. The van der Waals surface area contributed by atoms with Gasteiger partial charge in [-0.1, -0.05) is 37.3 Å². The molecular weight excluding hydrogens is 367 g/mol. The third-order valence-electron chi connectivity index (χ3n) is 5.34. The largest absolute Gasteiger partial charge is 0.368 e. The first-order chi connectivity index (χ1) is 14.1. The zero-order valence-electron chi connectivity index (χ0n) is 16.6. The van der Waals surface area contributed by atoms with Crippen molar-refractivity contribution in [2.45, 2.75) is 13.3 Å². The fourth-order valence-electron chi connectivity index (χ4n) is 3.76. The summed E-state index contributed by atoms with van der Waals surface area (Å²) in [6.07, 6.45) is 0.897. The molecule has 1 N–H and O–H groups in total. The lowest BCUT2D eigenvalue weighted by Gasteiger charge is -2.36. The van der Waals surface area contributed by atoms with Gasteiger partial charge in [-0.2, -0.15) is 0 Å². The number of benzene rings is 2. The zero-order chi connectivity index (χ0) is 20.2. The van der Waals surface area contributed by atoms with Gasteiger partial charge in [-0.25, -0.2) is 4.39 Å². The molecule has 0 saturated carbocycles. The Hall–Kier alpha value is -2.99. The number of carbonyl (C=O) groups is 1. The average molecular weight is 392 g/mol. The molecule has 1 aliphatic rings. The van der Waals surface area contributed by atoms with E-state index in [1.54, 1.807) is 18.2 Å². The lowest BCUT2D eigenvalue weighted by Crippen LogP contribution is -2.48. The molecule has 150 valence electrons. The Bertz CT molecular complexity index is 1010. The molecule has 29 heavy (non-hydrogen) atoms. The predicted molar refractivity (Wildman–Crippen MR) is 115 cm³/mol. The number of para-hydroxylation sites is 2. The Balaban J connectivity index is 1.40. The van der Waals surface area contributed by atoms with Gasteiger partial charge in [0, 0.05) is 42.9 Å². The first-order valence-electron chi connectivity index (χ1n) is 10.0. The Kier molecular flexibility index (Phi) is 5.71. The van der Waals surface area contributed by atoms with Crippen LogP contribution in [0.3, 0.4) is 0 Å². The lowest BCUT2D eigenvalue weighted by atomic mass is 10.1. The minimum Gasteiger partial charge on any atom is -0.368 e. The van der Waals surface area contributed by atoms with Crippen LogP contribution in [0.2, 0.25) is 0 Å². The van der Waals surface area contributed by atoms with Crippen LogP contribution < -0.4 is 10.2 Å². The summed E-state index contributed by atoms with van der Waals surface area (Å²) in [6, 6.07) is 16.7. The molecule has 1 fully saturated rings. The highest BCUT2D eigenvalue weighted by Crippen LogP contribution is 2.28. The van der Waals surface area contributed by atoms with Crippen molar-refractivity contribution < 1.29 is 9.18 Å². The van der Waals surface area contributed by atoms with Gasteiger partial charge in [-0.3, -0.25) is 14.7 Å². The second kappa shape index (κ2) is 8.57. The smallest absolute Gasteiger partial charge is 0.238 e. The number of hydrogen-bond acceptors (Lipinski definition) is 4. The Morgan fingerprint density at radius 1 is 1.07 bits per heavy atom. The van der Waals surface area contributed by atoms with Gasteiger partial charge in [0.1, 0.15) is 5.82 Å². The quantitative estimate of drug-likeness (QED) is 0.719. The van der Waals surface area contributed by atoms with E-state index in [4.69, 9.17) is 4.98 Å². The number of carbonyl (C=O) groups excluding carboxylic acids is 1. The van der Waals surface area contributed by atoms with Gasteiger partial charge in [-0.05, 0) is 30.7 Å². The number of aryl methyl sites for hydroxylation is 1. The second-order valence-electron chi connectivity index (χ2n) is 7.29. The molecule has 1 aromatic heterocycles. The number of fused-ring (bicyclic) bond motifs is 1. The van der Waals surface area contributed by atoms with E-state index < -0.39 is 5.82 Å². The summed E-state index contributed by atoms with van der Waals surface area (Å²) in [5, 5.41) is 3.82. The van der Waals surface area contributed by atoms with Crippen molar-refractivity contribution in [2.75, 3.05) is 42.9 Å². The Labute approximate surface area is 170 Å². The van der Waals surface area contributed by atoms with E-state index in [9.17, 15) is 9.18 Å². The van der Waals surface area contributed by atoms with Crippen LogP contribution in [0.5, 0.6) is 0 Å². The molecule has 1 amide bonds. The summed E-state index contributed by atoms with van der Waals surface area (Å²) in [5.41, 5.74) is 3.55. The van der Waals surface area contributed by atoms with E-state index in [0.717, 1.165) is 49.2 Å². The van der Waals surface area contributed by atoms with Gasteiger partial charge in [0.05, 0.1) is 17.7 Å². The van der Waals surface area contributed by atoms with Crippen LogP contribution in [0.1, 0.15) is 12.6 Å². The van der Waals surface area contributed by atoms with E-state index >= 15 is 0 Å². The van der Waals surface area contributed by atoms with Crippen LogP contribution >= 0.6 is 0 Å². The van der Waals surface area contributed by atoms with Crippen LogP contribution in [0.25, 0.3) is 10.9 Å². The van der Waals surface area contributed by atoms with Crippen LogP contribution in [0.4, 0.5) is 15.8 Å². The molecule has 2 aromatic carbocycles. The maximum Gasteiger partial charge on any atom is 0.238 e. The summed E-state index contributed by atoms with van der Waals surface area (Å²) in [4.78, 5) is 21.5. The minimum absolute atomic E-state index is 0.189. The van der Waals surface area contributed by atoms with Crippen molar-refractivity contribution in [3.63, 3.8) is 0 Å². The number of nitrogens with zero attached hydrogens (tertiary/aromatic N) is 3. The Morgan fingerprint density at radius 2 is 1.79 bits per heavy atom. The van der Waals surface area contributed by atoms with Gasteiger partial charge in [0.2, 0.25) is 5.91 Å². The maximum atomic E-state index is 13.7. The van der Waals surface area contributed by atoms with Crippen molar-refractivity contribution in [2.24, 2.45) is 0 Å². The standard InChI is InChI=1S/C23H25FN4O/c1-2-17-15-22(18-7-3-5-9-20(18)25-17)28-13-11-27(12-14-28)16-23(29)26-21-10-6-4-8-19(21)24/h3-10,15H,2,11-14,16H2,1H3,(H,26,29). The molecule has 0 atom stereocenters. The van der Waals surface area contributed by atoms with Crippen LogP contribution in [0.15, 0.2) is 54.6 Å². The number of pyridine rings is 1. The summed E-state index contributed by atoms with van der Waals surface area (Å²) in [7, 11) is 0. The number of aromatic nitrogens is 1. The molecule has 0 radical (unpaired) electrons. The zero-order valence-corrected chi connectivity index (χ0v) is 16.6. The molecular formula is C23H25FN4O. The molecule has 0 spiro atoms. The molecule has 1 saturated heterocycles. The molecule has 6 heteroatoms. The molecule has 3 aromatic rings. The van der Waals surface area contributed by atoms with Crippen molar-refractivity contribution in [1.82, 2.24) is 9.88 Å². The van der Waals surface area contributed by atoms with Crippen molar-refractivity contribution in [3.05, 3.63) is 66.1 Å². The topological polar surface area (TPSA) is 48.5 Å². The van der Waals surface area contributed by atoms with Gasteiger partial charge in [-0.15, -0.1) is 0 Å². The number of halogens is 1. The fourth-order valence-corrected chi connectivity index (χ4v) is 3.76. The van der Waals surface area contributed by atoms with E-state index in [-0.39, 0.29) is 18.1 Å². The highest BCUT2D eigenvalue weighted by atomic mass is 19.1. The predicted octanol–water partition coefficient (Wildman–Crippen LogP) is 3.70. The van der Waals surface area contributed by atoms with Crippen molar-refractivity contribution >= 4 is 28.2 Å².